The third-order valence-electron chi connectivity index (χ3n) is 0.232. The van der Waals surface area contributed by atoms with Crippen LogP contribution in [0.3, 0.4) is 0 Å². The standard InChI is InChI=1S/C4H2N2/c5-3-1-2-4-6/h1-2H/b2-1-. The summed E-state index contributed by atoms with van der Waals surface area (Å²) in [6.45, 7) is 0. The Morgan fingerprint density at radius 3 is 1.50 bits per heavy atom. The quantitative estimate of drug-likeness (QED) is 0.398. The van der Waals surface area contributed by atoms with Crippen LogP contribution in [0.5, 0.6) is 0 Å². The monoisotopic (exact) mass is 78.0 g/mol. The molecule has 0 heterocycles. The molecule has 0 aromatic carbocycles. The molecule has 0 atom stereocenters. The van der Waals surface area contributed by atoms with Crippen LogP contribution in [0.25, 0.3) is 0 Å². The third-order valence-corrected chi connectivity index (χ3v) is 0.232. The predicted octanol–water partition coefficient (Wildman–Crippen LogP) is 0.590. The van der Waals surface area contributed by atoms with Gasteiger partial charge >= 0.3 is 0 Å². The fourth-order valence-electron chi connectivity index (χ4n) is 0.0745. The second-order valence-corrected chi connectivity index (χ2v) is 0.592. The fraction of sp³-hybridized carbons (Fsp3) is 0. The number of nitriles is 2. The second-order valence-electron chi connectivity index (χ2n) is 0.592. The topological polar surface area (TPSA) is 47.6 Å². The highest BCUT2D eigenvalue weighted by Gasteiger charge is 1.54. The van der Waals surface area contributed by atoms with Crippen molar-refractivity contribution in [1.82, 2.24) is 0 Å². The van der Waals surface area contributed by atoms with Gasteiger partial charge in [0, 0.05) is 12.2 Å². The summed E-state index contributed by atoms with van der Waals surface area (Å²) >= 11 is 0. The molecule has 0 aromatic heterocycles. The van der Waals surface area contributed by atoms with Gasteiger partial charge in [-0.15, -0.1) is 0 Å². The molecule has 0 aliphatic rings. The van der Waals surface area contributed by atoms with Gasteiger partial charge in [-0.25, -0.2) is 0 Å². The van der Waals surface area contributed by atoms with Crippen molar-refractivity contribution in [3.63, 3.8) is 0 Å². The smallest absolute Gasteiger partial charge is 0.0919 e. The zero-order valence-corrected chi connectivity index (χ0v) is 3.05. The van der Waals surface area contributed by atoms with Crippen molar-refractivity contribution >= 4 is 0 Å². The van der Waals surface area contributed by atoms with Gasteiger partial charge in [-0.3, -0.25) is 0 Å². The lowest BCUT2D eigenvalue weighted by Crippen LogP contribution is -1.40. The molecule has 0 N–H and O–H groups in total. The first-order chi connectivity index (χ1) is 2.91. The molecule has 0 fully saturated rings. The average molecular weight is 78.1 g/mol. The second kappa shape index (κ2) is 3.72. The van der Waals surface area contributed by atoms with Crippen LogP contribution in [0.2, 0.25) is 0 Å². The number of hydrogen-bond donors (Lipinski definition) is 0. The number of rotatable bonds is 0. The van der Waals surface area contributed by atoms with E-state index in [1.807, 2.05) is 0 Å². The molecule has 0 bridgehead atoms. The van der Waals surface area contributed by atoms with Crippen LogP contribution in [0.15, 0.2) is 12.2 Å². The molecule has 0 rings (SSSR count). The zero-order chi connectivity index (χ0) is 4.83. The zero-order valence-electron chi connectivity index (χ0n) is 3.05. The molecular weight excluding hydrogens is 76.1 g/mol. The van der Waals surface area contributed by atoms with Crippen molar-refractivity contribution in [2.24, 2.45) is 0 Å². The van der Waals surface area contributed by atoms with Gasteiger partial charge in [0.15, 0.2) is 0 Å². The van der Waals surface area contributed by atoms with Crippen molar-refractivity contribution in [1.29, 1.82) is 10.5 Å². The lowest BCUT2D eigenvalue weighted by Gasteiger charge is -1.46. The summed E-state index contributed by atoms with van der Waals surface area (Å²) in [5.74, 6) is 0. The maximum atomic E-state index is 7.71. The van der Waals surface area contributed by atoms with Crippen molar-refractivity contribution in [3.8, 4) is 12.1 Å². The summed E-state index contributed by atoms with van der Waals surface area (Å²) in [4.78, 5) is 0. The van der Waals surface area contributed by atoms with Gasteiger partial charge in [0.05, 0.1) is 12.1 Å². The highest BCUT2D eigenvalue weighted by Crippen LogP contribution is 1.59. The Kier molecular flexibility index (Phi) is 2.93. The van der Waals surface area contributed by atoms with Crippen LogP contribution in [0.1, 0.15) is 0 Å². The van der Waals surface area contributed by atoms with E-state index in [1.54, 1.807) is 12.1 Å². The SMILES string of the molecule is N#C/C=C\C#N. The summed E-state index contributed by atoms with van der Waals surface area (Å²) in [7, 11) is 0. The van der Waals surface area contributed by atoms with Crippen molar-refractivity contribution in [2.45, 2.75) is 0 Å². The van der Waals surface area contributed by atoms with Gasteiger partial charge in [0.25, 0.3) is 0 Å². The van der Waals surface area contributed by atoms with Gasteiger partial charge in [-0.1, -0.05) is 0 Å². The van der Waals surface area contributed by atoms with E-state index >= 15 is 0 Å². The van der Waals surface area contributed by atoms with Gasteiger partial charge < -0.3 is 0 Å². The lowest BCUT2D eigenvalue weighted by atomic mass is 10.6. The van der Waals surface area contributed by atoms with E-state index in [4.69, 9.17) is 10.5 Å². The van der Waals surface area contributed by atoms with Crippen LogP contribution in [0, 0.1) is 22.7 Å². The minimum Gasteiger partial charge on any atom is -0.193 e. The van der Waals surface area contributed by atoms with Crippen LogP contribution in [-0.2, 0) is 0 Å². The van der Waals surface area contributed by atoms with Crippen molar-refractivity contribution in [3.05, 3.63) is 12.2 Å². The Labute approximate surface area is 35.9 Å². The molecule has 2 nitrogen and oxygen atoms in total. The Morgan fingerprint density at radius 2 is 1.33 bits per heavy atom. The van der Waals surface area contributed by atoms with E-state index in [0.717, 1.165) is 12.2 Å². The van der Waals surface area contributed by atoms with E-state index in [9.17, 15) is 0 Å². The molecule has 0 saturated heterocycles. The van der Waals surface area contributed by atoms with Crippen LogP contribution in [-0.4, -0.2) is 0 Å². The molecule has 0 aliphatic heterocycles. The molecule has 0 radical (unpaired) electrons. The van der Waals surface area contributed by atoms with Crippen molar-refractivity contribution in [2.75, 3.05) is 0 Å². The first-order valence-electron chi connectivity index (χ1n) is 1.36. The normalized spacial score (nSPS) is 7.00. The molecule has 2 heteroatoms. The first kappa shape index (κ1) is 4.72. The molecule has 0 aromatic rings. The minimum absolute atomic E-state index is 1.12. The van der Waals surface area contributed by atoms with Gasteiger partial charge in [0.2, 0.25) is 0 Å². The van der Waals surface area contributed by atoms with Crippen LogP contribution >= 0.6 is 0 Å². The van der Waals surface area contributed by atoms with Gasteiger partial charge in [-0.2, -0.15) is 10.5 Å². The summed E-state index contributed by atoms with van der Waals surface area (Å²) in [6, 6.07) is 3.33. The summed E-state index contributed by atoms with van der Waals surface area (Å²) in [5.41, 5.74) is 0. The molecule has 0 saturated carbocycles. The average Bonchev–Trinajstić information content (AvgIpc) is 1.61. The Hall–Kier alpha value is -1.28. The molecule has 0 amide bonds. The molecule has 0 unspecified atom stereocenters. The largest absolute Gasteiger partial charge is 0.193 e. The van der Waals surface area contributed by atoms with Gasteiger partial charge in [-0.05, 0) is 0 Å². The predicted molar refractivity (Wildman–Crippen MR) is 20.4 cm³/mol. The Balaban J connectivity index is 3.36. The number of hydrogen-bond acceptors (Lipinski definition) is 2. The van der Waals surface area contributed by atoms with E-state index in [2.05, 4.69) is 0 Å². The maximum absolute atomic E-state index is 7.71. The van der Waals surface area contributed by atoms with Crippen LogP contribution < -0.4 is 0 Å². The number of nitrogens with zero attached hydrogens (tertiary/aromatic N) is 2. The highest BCUT2D eigenvalue weighted by molar-refractivity contribution is 5.11. The summed E-state index contributed by atoms with van der Waals surface area (Å²) in [5, 5.41) is 15.4. The highest BCUT2D eigenvalue weighted by atomic mass is 14.2. The fourth-order valence-corrected chi connectivity index (χ4v) is 0.0745. The summed E-state index contributed by atoms with van der Waals surface area (Å²) in [6.07, 6.45) is 2.25. The third kappa shape index (κ3) is 2.72. The molecule has 28 valence electrons. The van der Waals surface area contributed by atoms with E-state index in [1.165, 1.54) is 0 Å². The van der Waals surface area contributed by atoms with E-state index in [0.29, 0.717) is 0 Å². The first-order valence-corrected chi connectivity index (χ1v) is 1.36. The maximum Gasteiger partial charge on any atom is 0.0919 e. The minimum atomic E-state index is 1.12. The van der Waals surface area contributed by atoms with E-state index in [-0.39, 0.29) is 0 Å². The lowest BCUT2D eigenvalue weighted by molar-refractivity contribution is 1.52. The molecule has 6 heavy (non-hydrogen) atoms. The molecule has 0 aliphatic carbocycles. The van der Waals surface area contributed by atoms with Crippen molar-refractivity contribution < 1.29 is 0 Å². The molecular formula is C4H2N2. The Morgan fingerprint density at radius 1 is 1.00 bits per heavy atom. The number of allylic oxidation sites excluding steroid dienone is 2. The molecule has 0 spiro atoms. The Bertz CT molecular complexity index is 105. The van der Waals surface area contributed by atoms with E-state index < -0.39 is 0 Å². The van der Waals surface area contributed by atoms with Crippen LogP contribution in [0.4, 0.5) is 0 Å². The van der Waals surface area contributed by atoms with Gasteiger partial charge in [0.1, 0.15) is 0 Å². The summed E-state index contributed by atoms with van der Waals surface area (Å²) < 4.78 is 0.